The highest BCUT2D eigenvalue weighted by Crippen LogP contribution is 2.36. The van der Waals surface area contributed by atoms with Gasteiger partial charge in [-0.2, -0.15) is 0 Å². The monoisotopic (exact) mass is 288 g/mol. The first-order chi connectivity index (χ1) is 10.2. The van der Waals surface area contributed by atoms with E-state index in [4.69, 9.17) is 4.74 Å². The number of fused-ring (bicyclic) bond motifs is 2. The summed E-state index contributed by atoms with van der Waals surface area (Å²) in [6.45, 7) is 8.40. The molecule has 0 aromatic heterocycles. The molecule has 3 heteroatoms. The number of ether oxygens (including phenoxy) is 1. The van der Waals surface area contributed by atoms with Gasteiger partial charge in [-0.1, -0.05) is 32.0 Å². The molecule has 2 fully saturated rings. The zero-order chi connectivity index (χ0) is 14.7. The Morgan fingerprint density at radius 3 is 2.86 bits per heavy atom. The maximum Gasteiger partial charge on any atom is 0.123 e. The first-order valence-electron chi connectivity index (χ1n) is 8.40. The zero-order valence-corrected chi connectivity index (χ0v) is 13.3. The number of rotatable bonds is 7. The summed E-state index contributed by atoms with van der Waals surface area (Å²) >= 11 is 0. The van der Waals surface area contributed by atoms with E-state index >= 15 is 0 Å². The molecule has 1 aliphatic carbocycles. The van der Waals surface area contributed by atoms with Crippen LogP contribution >= 0.6 is 0 Å². The molecule has 1 saturated carbocycles. The lowest BCUT2D eigenvalue weighted by Gasteiger charge is -2.26. The lowest BCUT2D eigenvalue weighted by atomic mass is 10.1. The molecule has 1 heterocycles. The van der Waals surface area contributed by atoms with Crippen molar-refractivity contribution in [3.05, 3.63) is 29.8 Å². The van der Waals surface area contributed by atoms with Crippen molar-refractivity contribution in [2.24, 2.45) is 5.92 Å². The topological polar surface area (TPSA) is 24.5 Å². The van der Waals surface area contributed by atoms with E-state index in [9.17, 15) is 0 Å². The standard InChI is InChI=1S/C18H28N2O/c1-14(2)19-12-16-5-3-4-6-18(16)21-10-9-20-13-15-7-8-17(20)11-15/h3-6,14-15,17,19H,7-13H2,1-2H3. The third kappa shape index (κ3) is 3.78. The van der Waals surface area contributed by atoms with Crippen molar-refractivity contribution >= 4 is 0 Å². The molecule has 1 aromatic carbocycles. The van der Waals surface area contributed by atoms with Crippen molar-refractivity contribution in [1.82, 2.24) is 10.2 Å². The van der Waals surface area contributed by atoms with E-state index in [2.05, 4.69) is 48.3 Å². The summed E-state index contributed by atoms with van der Waals surface area (Å²) in [7, 11) is 0. The van der Waals surface area contributed by atoms with E-state index in [1.54, 1.807) is 0 Å². The Morgan fingerprint density at radius 1 is 1.29 bits per heavy atom. The minimum Gasteiger partial charge on any atom is -0.492 e. The molecule has 2 atom stereocenters. The van der Waals surface area contributed by atoms with Gasteiger partial charge in [0.15, 0.2) is 0 Å². The summed E-state index contributed by atoms with van der Waals surface area (Å²) in [4.78, 5) is 2.63. The predicted octanol–water partition coefficient (Wildman–Crippen LogP) is 3.05. The molecule has 3 nitrogen and oxygen atoms in total. The van der Waals surface area contributed by atoms with Crippen LogP contribution in [-0.2, 0) is 6.54 Å². The molecule has 21 heavy (non-hydrogen) atoms. The average Bonchev–Trinajstić information content (AvgIpc) is 3.09. The number of piperidine rings is 1. The molecule has 2 unspecified atom stereocenters. The Labute approximate surface area is 128 Å². The fourth-order valence-corrected chi connectivity index (χ4v) is 3.68. The fourth-order valence-electron chi connectivity index (χ4n) is 3.68. The van der Waals surface area contributed by atoms with Crippen molar-refractivity contribution in [3.8, 4) is 5.75 Å². The second kappa shape index (κ2) is 6.80. The molecular weight excluding hydrogens is 260 g/mol. The highest BCUT2D eigenvalue weighted by atomic mass is 16.5. The molecule has 1 N–H and O–H groups in total. The van der Waals surface area contributed by atoms with Crippen molar-refractivity contribution < 1.29 is 4.74 Å². The number of para-hydroxylation sites is 1. The highest BCUT2D eigenvalue weighted by molar-refractivity contribution is 5.33. The van der Waals surface area contributed by atoms with E-state index in [0.717, 1.165) is 37.4 Å². The van der Waals surface area contributed by atoms with Gasteiger partial charge in [0.1, 0.15) is 12.4 Å². The molecule has 1 aromatic rings. The van der Waals surface area contributed by atoms with Crippen LogP contribution in [0.4, 0.5) is 0 Å². The third-order valence-corrected chi connectivity index (χ3v) is 4.83. The average molecular weight is 288 g/mol. The molecule has 0 spiro atoms. The van der Waals surface area contributed by atoms with Crippen LogP contribution in [0.15, 0.2) is 24.3 Å². The molecule has 0 radical (unpaired) electrons. The van der Waals surface area contributed by atoms with E-state index < -0.39 is 0 Å². The highest BCUT2D eigenvalue weighted by Gasteiger charge is 2.37. The van der Waals surface area contributed by atoms with Crippen LogP contribution in [0.1, 0.15) is 38.7 Å². The first kappa shape index (κ1) is 14.9. The van der Waals surface area contributed by atoms with Gasteiger partial charge in [0, 0.05) is 37.3 Å². The van der Waals surface area contributed by atoms with Crippen molar-refractivity contribution in [2.75, 3.05) is 19.7 Å². The van der Waals surface area contributed by atoms with Crippen LogP contribution in [0.5, 0.6) is 5.75 Å². The molecule has 3 rings (SSSR count). The van der Waals surface area contributed by atoms with Gasteiger partial charge in [-0.25, -0.2) is 0 Å². The third-order valence-electron chi connectivity index (χ3n) is 4.83. The largest absolute Gasteiger partial charge is 0.492 e. The number of benzene rings is 1. The molecule has 1 aliphatic heterocycles. The maximum absolute atomic E-state index is 6.06. The van der Waals surface area contributed by atoms with Crippen LogP contribution in [0.3, 0.4) is 0 Å². The maximum atomic E-state index is 6.06. The van der Waals surface area contributed by atoms with Gasteiger partial charge in [-0.3, -0.25) is 4.90 Å². The van der Waals surface area contributed by atoms with Gasteiger partial charge in [-0.05, 0) is 31.2 Å². The van der Waals surface area contributed by atoms with Crippen LogP contribution < -0.4 is 10.1 Å². The molecule has 0 amide bonds. The van der Waals surface area contributed by atoms with Crippen LogP contribution in [0.25, 0.3) is 0 Å². The Bertz CT molecular complexity index is 460. The second-order valence-corrected chi connectivity index (χ2v) is 6.82. The predicted molar refractivity (Wildman–Crippen MR) is 86.6 cm³/mol. The lowest BCUT2D eigenvalue weighted by molar-refractivity contribution is 0.171. The van der Waals surface area contributed by atoms with Gasteiger partial charge in [0.2, 0.25) is 0 Å². The van der Waals surface area contributed by atoms with Gasteiger partial charge < -0.3 is 10.1 Å². The summed E-state index contributed by atoms with van der Waals surface area (Å²) in [6, 6.07) is 9.74. The van der Waals surface area contributed by atoms with E-state index in [1.807, 2.05) is 0 Å². The molecule has 116 valence electrons. The van der Waals surface area contributed by atoms with Crippen molar-refractivity contribution in [3.63, 3.8) is 0 Å². The Morgan fingerprint density at radius 2 is 2.14 bits per heavy atom. The number of likely N-dealkylation sites (tertiary alicyclic amines) is 1. The van der Waals surface area contributed by atoms with Crippen LogP contribution in [-0.4, -0.2) is 36.7 Å². The smallest absolute Gasteiger partial charge is 0.123 e. The Balaban J connectivity index is 1.48. The summed E-state index contributed by atoms with van der Waals surface area (Å²) in [6.07, 6.45) is 4.28. The van der Waals surface area contributed by atoms with E-state index in [0.29, 0.717) is 6.04 Å². The molecule has 2 aliphatic rings. The Kier molecular flexibility index (Phi) is 4.81. The van der Waals surface area contributed by atoms with Crippen LogP contribution in [0, 0.1) is 5.92 Å². The molecule has 2 bridgehead atoms. The fraction of sp³-hybridized carbons (Fsp3) is 0.667. The summed E-state index contributed by atoms with van der Waals surface area (Å²) < 4.78 is 6.06. The van der Waals surface area contributed by atoms with Crippen molar-refractivity contribution in [1.29, 1.82) is 0 Å². The minimum atomic E-state index is 0.498. The van der Waals surface area contributed by atoms with Gasteiger partial charge in [0.05, 0.1) is 0 Å². The van der Waals surface area contributed by atoms with Gasteiger partial charge in [-0.15, -0.1) is 0 Å². The number of hydrogen-bond donors (Lipinski definition) is 1. The van der Waals surface area contributed by atoms with Gasteiger partial charge >= 0.3 is 0 Å². The van der Waals surface area contributed by atoms with Crippen molar-refractivity contribution in [2.45, 2.75) is 51.7 Å². The number of hydrogen-bond acceptors (Lipinski definition) is 3. The van der Waals surface area contributed by atoms with E-state index in [1.165, 1.54) is 31.4 Å². The van der Waals surface area contributed by atoms with Crippen LogP contribution in [0.2, 0.25) is 0 Å². The SMILES string of the molecule is CC(C)NCc1ccccc1OCCN1CC2CCC1C2. The Hall–Kier alpha value is -1.06. The molecule has 1 saturated heterocycles. The summed E-state index contributed by atoms with van der Waals surface area (Å²) in [5, 5.41) is 3.47. The normalized spacial score (nSPS) is 24.9. The second-order valence-electron chi connectivity index (χ2n) is 6.82. The van der Waals surface area contributed by atoms with E-state index in [-0.39, 0.29) is 0 Å². The quantitative estimate of drug-likeness (QED) is 0.834. The summed E-state index contributed by atoms with van der Waals surface area (Å²) in [5.74, 6) is 2.01. The number of nitrogens with zero attached hydrogens (tertiary/aromatic N) is 1. The molecular formula is C18H28N2O. The van der Waals surface area contributed by atoms with Gasteiger partial charge in [0.25, 0.3) is 0 Å². The zero-order valence-electron chi connectivity index (χ0n) is 13.3. The first-order valence-corrected chi connectivity index (χ1v) is 8.40. The number of nitrogens with one attached hydrogen (secondary N) is 1. The minimum absolute atomic E-state index is 0.498. The lowest BCUT2D eigenvalue weighted by Crippen LogP contribution is -2.35. The summed E-state index contributed by atoms with van der Waals surface area (Å²) in [5.41, 5.74) is 1.26.